The van der Waals surface area contributed by atoms with E-state index in [0.29, 0.717) is 5.56 Å². The van der Waals surface area contributed by atoms with E-state index in [0.717, 1.165) is 22.5 Å². The molecule has 1 amide bonds. The number of rotatable bonds is 5. The van der Waals surface area contributed by atoms with Crippen LogP contribution in [-0.4, -0.2) is 41.3 Å². The lowest BCUT2D eigenvalue weighted by Gasteiger charge is -2.19. The number of benzene rings is 2. The number of anilines is 1. The van der Waals surface area contributed by atoms with Crippen LogP contribution in [0.15, 0.2) is 60.0 Å². The van der Waals surface area contributed by atoms with Crippen molar-refractivity contribution in [3.05, 3.63) is 77.0 Å². The molecule has 0 bridgehead atoms. The van der Waals surface area contributed by atoms with Crippen molar-refractivity contribution in [2.24, 2.45) is 13.0 Å². The van der Waals surface area contributed by atoms with Gasteiger partial charge in [-0.3, -0.25) is 4.79 Å². The van der Waals surface area contributed by atoms with Gasteiger partial charge in [-0.05, 0) is 35.9 Å². The normalized spacial score (nSPS) is 19.1. The molecule has 0 aliphatic carbocycles. The quantitative estimate of drug-likeness (QED) is 0.499. The second-order valence-corrected chi connectivity index (χ2v) is 10.4. The first-order valence-electron chi connectivity index (χ1n) is 10.3. The van der Waals surface area contributed by atoms with Gasteiger partial charge < -0.3 is 9.88 Å². The van der Waals surface area contributed by atoms with Crippen molar-refractivity contribution in [1.29, 1.82) is 0 Å². The molecule has 2 atom stereocenters. The zero-order valence-electron chi connectivity index (χ0n) is 18.1. The second kappa shape index (κ2) is 9.25. The SMILES string of the molecule is Cn1cnc(S(=O)(=O)N2C[C@@H](C(=O)Nc3ccc(C(F)(F)F)c(Cl)c3)[C@H](c3ccc(F)cc3)C2)c1. The van der Waals surface area contributed by atoms with Crippen LogP contribution in [-0.2, 0) is 28.0 Å². The first kappa shape index (κ1) is 25.1. The average Bonchev–Trinajstić information content (AvgIpc) is 3.41. The van der Waals surface area contributed by atoms with Gasteiger partial charge in [0, 0.05) is 37.9 Å². The fourth-order valence-electron chi connectivity index (χ4n) is 3.99. The van der Waals surface area contributed by atoms with Gasteiger partial charge in [-0.15, -0.1) is 0 Å². The van der Waals surface area contributed by atoms with E-state index in [-0.39, 0.29) is 23.8 Å². The van der Waals surface area contributed by atoms with Gasteiger partial charge in [-0.25, -0.2) is 17.8 Å². The fraction of sp³-hybridized carbons (Fsp3) is 0.273. The lowest BCUT2D eigenvalue weighted by molar-refractivity contribution is -0.137. The molecule has 1 N–H and O–H groups in total. The topological polar surface area (TPSA) is 84.3 Å². The van der Waals surface area contributed by atoms with E-state index in [2.05, 4.69) is 10.3 Å². The van der Waals surface area contributed by atoms with Gasteiger partial charge in [0.25, 0.3) is 10.0 Å². The Morgan fingerprint density at radius 1 is 1.14 bits per heavy atom. The highest BCUT2D eigenvalue weighted by Crippen LogP contribution is 2.38. The third-order valence-electron chi connectivity index (χ3n) is 5.75. The van der Waals surface area contributed by atoms with Crippen molar-refractivity contribution in [2.45, 2.75) is 17.1 Å². The molecular weight excluding hydrogens is 512 g/mol. The highest BCUT2D eigenvalue weighted by Gasteiger charge is 2.44. The van der Waals surface area contributed by atoms with Gasteiger partial charge in [0.05, 0.1) is 22.8 Å². The molecule has 2 aromatic carbocycles. The summed E-state index contributed by atoms with van der Waals surface area (Å²) in [7, 11) is -2.42. The Hall–Kier alpha value is -2.96. The summed E-state index contributed by atoms with van der Waals surface area (Å²) in [6.07, 6.45) is -1.99. The van der Waals surface area contributed by atoms with Crippen LogP contribution < -0.4 is 5.32 Å². The molecule has 0 saturated carbocycles. The molecule has 2 heterocycles. The van der Waals surface area contributed by atoms with Gasteiger partial charge in [0.1, 0.15) is 5.82 Å². The molecule has 0 unspecified atom stereocenters. The first-order chi connectivity index (χ1) is 16.4. The molecule has 7 nitrogen and oxygen atoms in total. The number of alkyl halides is 3. The molecule has 1 aromatic heterocycles. The minimum atomic E-state index is -4.65. The number of aryl methyl sites for hydroxylation is 1. The van der Waals surface area contributed by atoms with Gasteiger partial charge in [0.2, 0.25) is 5.91 Å². The lowest BCUT2D eigenvalue weighted by atomic mass is 9.88. The molecule has 35 heavy (non-hydrogen) atoms. The Labute approximate surface area is 203 Å². The monoisotopic (exact) mass is 530 g/mol. The summed E-state index contributed by atoms with van der Waals surface area (Å²) < 4.78 is 81.2. The van der Waals surface area contributed by atoms with Crippen molar-refractivity contribution < 1.29 is 30.8 Å². The third-order valence-corrected chi connectivity index (χ3v) is 7.78. The smallest absolute Gasteiger partial charge is 0.339 e. The van der Waals surface area contributed by atoms with E-state index in [1.54, 1.807) is 7.05 Å². The maximum atomic E-state index is 13.5. The predicted molar refractivity (Wildman–Crippen MR) is 120 cm³/mol. The van der Waals surface area contributed by atoms with Crippen molar-refractivity contribution in [3.63, 3.8) is 0 Å². The summed E-state index contributed by atoms with van der Waals surface area (Å²) in [6.45, 7) is -0.280. The van der Waals surface area contributed by atoms with E-state index < -0.39 is 50.3 Å². The number of nitrogens with one attached hydrogen (secondary N) is 1. The zero-order valence-corrected chi connectivity index (χ0v) is 19.7. The van der Waals surface area contributed by atoms with Crippen LogP contribution in [0.2, 0.25) is 5.02 Å². The summed E-state index contributed by atoms with van der Waals surface area (Å²) in [5.74, 6) is -2.67. The van der Waals surface area contributed by atoms with E-state index in [4.69, 9.17) is 11.6 Å². The van der Waals surface area contributed by atoms with Crippen LogP contribution in [0.3, 0.4) is 0 Å². The van der Waals surface area contributed by atoms with E-state index in [9.17, 15) is 30.8 Å². The number of aromatic nitrogens is 2. The van der Waals surface area contributed by atoms with Crippen LogP contribution in [0.1, 0.15) is 17.0 Å². The standard InChI is InChI=1S/C22H19ClF4N4O3S/c1-30-11-20(28-12-30)35(33,34)31-9-16(13-2-4-14(24)5-3-13)17(10-31)21(32)29-15-6-7-18(19(23)8-15)22(25,26)27/h2-8,11-12,16-17H,9-10H2,1H3,(H,29,32)/t16-,17+/m0/s1. The molecule has 13 heteroatoms. The highest BCUT2D eigenvalue weighted by atomic mass is 35.5. The number of hydrogen-bond donors (Lipinski definition) is 1. The summed E-state index contributed by atoms with van der Waals surface area (Å²) in [6, 6.07) is 8.13. The largest absolute Gasteiger partial charge is 0.417 e. The van der Waals surface area contributed by atoms with E-state index in [1.165, 1.54) is 41.4 Å². The van der Waals surface area contributed by atoms with Gasteiger partial charge in [0.15, 0.2) is 5.03 Å². The Bertz CT molecular complexity index is 1360. The number of amides is 1. The minimum Gasteiger partial charge on any atom is -0.339 e. The lowest BCUT2D eigenvalue weighted by Crippen LogP contribution is -2.32. The summed E-state index contributed by atoms with van der Waals surface area (Å²) in [5.41, 5.74) is -0.484. The molecule has 0 spiro atoms. The maximum absolute atomic E-state index is 13.5. The predicted octanol–water partition coefficient (Wildman–Crippen LogP) is 4.27. The third kappa shape index (κ3) is 5.19. The van der Waals surface area contributed by atoms with E-state index >= 15 is 0 Å². The highest BCUT2D eigenvalue weighted by molar-refractivity contribution is 7.89. The molecule has 1 fully saturated rings. The Balaban J connectivity index is 1.63. The van der Waals surface area contributed by atoms with Crippen LogP contribution in [0.4, 0.5) is 23.2 Å². The number of sulfonamides is 1. The maximum Gasteiger partial charge on any atom is 0.417 e. The first-order valence-corrected chi connectivity index (χ1v) is 12.1. The number of nitrogens with zero attached hydrogens (tertiary/aromatic N) is 3. The number of halogens is 5. The number of imidazole rings is 1. The second-order valence-electron chi connectivity index (χ2n) is 8.15. The Morgan fingerprint density at radius 3 is 2.40 bits per heavy atom. The number of carbonyl (C=O) groups excluding carboxylic acids is 1. The summed E-state index contributed by atoms with van der Waals surface area (Å²) in [4.78, 5) is 17.1. The van der Waals surface area contributed by atoms with Crippen molar-refractivity contribution in [3.8, 4) is 0 Å². The van der Waals surface area contributed by atoms with Crippen LogP contribution >= 0.6 is 11.6 Å². The molecule has 1 saturated heterocycles. The molecular formula is C22H19ClF4N4O3S. The minimum absolute atomic E-state index is 0.0249. The molecule has 0 radical (unpaired) electrons. The summed E-state index contributed by atoms with van der Waals surface area (Å²) in [5, 5.41) is 1.75. The fourth-order valence-corrected chi connectivity index (χ4v) is 5.74. The van der Waals surface area contributed by atoms with Crippen molar-refractivity contribution in [2.75, 3.05) is 18.4 Å². The van der Waals surface area contributed by atoms with Crippen LogP contribution in [0.25, 0.3) is 0 Å². The van der Waals surface area contributed by atoms with Crippen LogP contribution in [0, 0.1) is 11.7 Å². The Morgan fingerprint density at radius 2 is 1.83 bits per heavy atom. The van der Waals surface area contributed by atoms with Gasteiger partial charge in [-0.2, -0.15) is 17.5 Å². The molecule has 3 aromatic rings. The van der Waals surface area contributed by atoms with Crippen LogP contribution in [0.5, 0.6) is 0 Å². The van der Waals surface area contributed by atoms with Gasteiger partial charge in [-0.1, -0.05) is 23.7 Å². The molecule has 186 valence electrons. The molecule has 1 aliphatic heterocycles. The Kier molecular flexibility index (Phi) is 6.64. The molecule has 4 rings (SSSR count). The van der Waals surface area contributed by atoms with Gasteiger partial charge >= 0.3 is 6.18 Å². The van der Waals surface area contributed by atoms with E-state index in [1.807, 2.05) is 0 Å². The van der Waals surface area contributed by atoms with Crippen molar-refractivity contribution in [1.82, 2.24) is 13.9 Å². The zero-order chi connectivity index (χ0) is 25.5. The average molecular weight is 531 g/mol. The summed E-state index contributed by atoms with van der Waals surface area (Å²) >= 11 is 5.75. The number of hydrogen-bond acceptors (Lipinski definition) is 4. The number of carbonyl (C=O) groups is 1. The van der Waals surface area contributed by atoms with Crippen molar-refractivity contribution >= 4 is 33.2 Å². The molecule has 1 aliphatic rings.